The molecule has 0 aliphatic carbocycles. The molecule has 1 aromatic carbocycles. The quantitative estimate of drug-likeness (QED) is 0.351. The molecule has 1 N–H and O–H groups in total. The Hall–Kier alpha value is -3.45. The van der Waals surface area contributed by atoms with Crippen LogP contribution in [0, 0.1) is 0 Å². The van der Waals surface area contributed by atoms with Crippen molar-refractivity contribution < 1.29 is 19.4 Å². The van der Waals surface area contributed by atoms with E-state index < -0.39 is 12.1 Å². The van der Waals surface area contributed by atoms with Crippen molar-refractivity contribution in [2.45, 2.75) is 38.8 Å². The summed E-state index contributed by atoms with van der Waals surface area (Å²) in [5.41, 5.74) is 2.77. The predicted molar refractivity (Wildman–Crippen MR) is 123 cm³/mol. The monoisotopic (exact) mass is 433 g/mol. The van der Waals surface area contributed by atoms with Gasteiger partial charge in [-0.2, -0.15) is 0 Å². The van der Waals surface area contributed by atoms with Crippen molar-refractivity contribution in [1.29, 1.82) is 0 Å². The number of hydrogen-bond donors (Lipinski definition) is 1. The summed E-state index contributed by atoms with van der Waals surface area (Å²) in [5, 5.41) is 11.5. The van der Waals surface area contributed by atoms with Crippen molar-refractivity contribution in [2.24, 2.45) is 0 Å². The molecule has 0 spiro atoms. The Kier molecular flexibility index (Phi) is 6.97. The van der Waals surface area contributed by atoms with Crippen molar-refractivity contribution in [2.75, 3.05) is 13.2 Å². The van der Waals surface area contributed by atoms with E-state index in [0.29, 0.717) is 19.6 Å². The van der Waals surface area contributed by atoms with Crippen LogP contribution in [-0.2, 0) is 22.5 Å². The van der Waals surface area contributed by atoms with Crippen LogP contribution in [-0.4, -0.2) is 44.9 Å². The number of rotatable bonds is 11. The van der Waals surface area contributed by atoms with Gasteiger partial charge in [-0.1, -0.05) is 19.1 Å². The number of fused-ring (bicyclic) bond motifs is 3. The van der Waals surface area contributed by atoms with E-state index in [1.54, 1.807) is 12.4 Å². The van der Waals surface area contributed by atoms with Gasteiger partial charge < -0.3 is 19.1 Å². The summed E-state index contributed by atoms with van der Waals surface area (Å²) in [7, 11) is 0. The van der Waals surface area contributed by atoms with Crippen LogP contribution in [0.2, 0.25) is 0 Å². The molecule has 4 rings (SSSR count). The number of aliphatic carboxylic acids is 1. The van der Waals surface area contributed by atoms with Crippen molar-refractivity contribution in [3.05, 3.63) is 66.5 Å². The van der Waals surface area contributed by atoms with Gasteiger partial charge in [0, 0.05) is 42.7 Å². The topological polar surface area (TPSA) is 86.5 Å². The Morgan fingerprint density at radius 2 is 1.66 bits per heavy atom. The molecule has 1 unspecified atom stereocenters. The maximum Gasteiger partial charge on any atom is 0.333 e. The summed E-state index contributed by atoms with van der Waals surface area (Å²) in [6, 6.07) is 15.6. The Morgan fingerprint density at radius 1 is 1.00 bits per heavy atom. The van der Waals surface area contributed by atoms with Gasteiger partial charge in [0.15, 0.2) is 6.10 Å². The smallest absolute Gasteiger partial charge is 0.333 e. The molecule has 3 aromatic heterocycles. The summed E-state index contributed by atoms with van der Waals surface area (Å²) in [5.74, 6) is -0.179. The van der Waals surface area contributed by atoms with E-state index in [2.05, 4.69) is 26.7 Å². The lowest BCUT2D eigenvalue weighted by Gasteiger charge is -2.13. The minimum absolute atomic E-state index is 0.337. The Bertz CT molecular complexity index is 1130. The van der Waals surface area contributed by atoms with Crippen LogP contribution in [0.3, 0.4) is 0 Å². The van der Waals surface area contributed by atoms with Gasteiger partial charge in [0.2, 0.25) is 0 Å². The first-order valence-corrected chi connectivity index (χ1v) is 10.9. The van der Waals surface area contributed by atoms with Crippen molar-refractivity contribution in [3.8, 4) is 5.75 Å². The molecule has 0 aliphatic rings. The second-order valence-electron chi connectivity index (χ2n) is 7.65. The highest BCUT2D eigenvalue weighted by Gasteiger charge is 2.18. The molecular formula is C25H27N3O4. The second kappa shape index (κ2) is 10.2. The lowest BCUT2D eigenvalue weighted by Crippen LogP contribution is -2.26. The van der Waals surface area contributed by atoms with E-state index in [1.165, 1.54) is 0 Å². The normalized spacial score (nSPS) is 12.3. The van der Waals surface area contributed by atoms with Crippen LogP contribution in [0.25, 0.3) is 22.1 Å². The molecule has 7 heteroatoms. The largest absolute Gasteiger partial charge is 0.494 e. The van der Waals surface area contributed by atoms with Gasteiger partial charge in [-0.25, -0.2) is 14.8 Å². The van der Waals surface area contributed by atoms with Gasteiger partial charge in [-0.15, -0.1) is 0 Å². The molecule has 32 heavy (non-hydrogen) atoms. The number of aryl methyl sites for hydroxylation is 1. The molecule has 0 saturated carbocycles. The number of benzene rings is 1. The molecule has 0 bridgehead atoms. The molecule has 4 aromatic rings. The first kappa shape index (κ1) is 21.8. The summed E-state index contributed by atoms with van der Waals surface area (Å²) in [6.07, 6.45) is 4.71. The number of hydrogen-bond acceptors (Lipinski definition) is 5. The van der Waals surface area contributed by atoms with Gasteiger partial charge in [0.25, 0.3) is 0 Å². The zero-order valence-electron chi connectivity index (χ0n) is 18.1. The highest BCUT2D eigenvalue weighted by molar-refractivity contribution is 6.04. The fourth-order valence-electron chi connectivity index (χ4n) is 3.78. The lowest BCUT2D eigenvalue weighted by atomic mass is 10.1. The van der Waals surface area contributed by atoms with Gasteiger partial charge >= 0.3 is 5.97 Å². The minimum Gasteiger partial charge on any atom is -0.494 e. The van der Waals surface area contributed by atoms with E-state index in [4.69, 9.17) is 9.47 Å². The SMILES string of the molecule is CCCOC(Cc1ccc(OCCCn2c3ncccc3c3cccnc32)cc1)C(=O)O. The predicted octanol–water partition coefficient (Wildman–Crippen LogP) is 4.48. The highest BCUT2D eigenvalue weighted by Crippen LogP contribution is 2.26. The number of carbonyl (C=O) groups is 1. The maximum atomic E-state index is 11.4. The Labute approximate surface area is 186 Å². The van der Waals surface area contributed by atoms with Gasteiger partial charge in [-0.05, 0) is 54.8 Å². The highest BCUT2D eigenvalue weighted by atomic mass is 16.5. The van der Waals surface area contributed by atoms with Crippen LogP contribution in [0.1, 0.15) is 25.3 Å². The van der Waals surface area contributed by atoms with Crippen LogP contribution in [0.4, 0.5) is 0 Å². The van der Waals surface area contributed by atoms with E-state index in [0.717, 1.165) is 52.8 Å². The molecule has 1 atom stereocenters. The van der Waals surface area contributed by atoms with Gasteiger partial charge in [0.05, 0.1) is 6.61 Å². The van der Waals surface area contributed by atoms with Crippen molar-refractivity contribution in [3.63, 3.8) is 0 Å². The third kappa shape index (κ3) is 4.89. The van der Waals surface area contributed by atoms with Crippen molar-refractivity contribution in [1.82, 2.24) is 14.5 Å². The van der Waals surface area contributed by atoms with E-state index >= 15 is 0 Å². The number of pyridine rings is 2. The zero-order chi connectivity index (χ0) is 22.3. The molecule has 0 aliphatic heterocycles. The molecule has 0 fully saturated rings. The third-order valence-electron chi connectivity index (χ3n) is 5.31. The molecular weight excluding hydrogens is 406 g/mol. The summed E-state index contributed by atoms with van der Waals surface area (Å²) in [4.78, 5) is 20.5. The average Bonchev–Trinajstić information content (AvgIpc) is 3.14. The fourth-order valence-corrected chi connectivity index (χ4v) is 3.78. The minimum atomic E-state index is -0.937. The maximum absolute atomic E-state index is 11.4. The third-order valence-corrected chi connectivity index (χ3v) is 5.31. The van der Waals surface area contributed by atoms with E-state index in [1.807, 2.05) is 43.3 Å². The summed E-state index contributed by atoms with van der Waals surface area (Å²) < 4.78 is 13.5. The number of aromatic nitrogens is 3. The number of nitrogens with zero attached hydrogens (tertiary/aromatic N) is 3. The average molecular weight is 434 g/mol. The van der Waals surface area contributed by atoms with Crippen LogP contribution < -0.4 is 4.74 Å². The first-order valence-electron chi connectivity index (χ1n) is 10.9. The van der Waals surface area contributed by atoms with E-state index in [9.17, 15) is 9.90 Å². The molecule has 166 valence electrons. The Balaban J connectivity index is 1.34. The summed E-state index contributed by atoms with van der Waals surface area (Å²) >= 11 is 0. The van der Waals surface area contributed by atoms with Crippen LogP contribution in [0.5, 0.6) is 5.75 Å². The molecule has 3 heterocycles. The summed E-state index contributed by atoms with van der Waals surface area (Å²) in [6.45, 7) is 3.70. The number of carboxylic acids is 1. The molecule has 0 saturated heterocycles. The zero-order valence-corrected chi connectivity index (χ0v) is 18.1. The van der Waals surface area contributed by atoms with Gasteiger partial charge in [0.1, 0.15) is 17.0 Å². The lowest BCUT2D eigenvalue weighted by molar-refractivity contribution is -0.150. The second-order valence-corrected chi connectivity index (χ2v) is 7.65. The van der Waals surface area contributed by atoms with Crippen LogP contribution in [0.15, 0.2) is 60.9 Å². The van der Waals surface area contributed by atoms with Crippen LogP contribution >= 0.6 is 0 Å². The molecule has 0 radical (unpaired) electrons. The standard InChI is InChI=1S/C25H27N3O4/c1-2-15-32-22(25(29)30)17-18-8-10-19(11-9-18)31-16-5-14-28-23-20(6-3-12-26-23)21-7-4-13-27-24(21)28/h3-4,6-13,22H,2,5,14-17H2,1H3,(H,29,30). The fraction of sp³-hybridized carbons (Fsp3) is 0.320. The molecule has 7 nitrogen and oxygen atoms in total. The van der Waals surface area contributed by atoms with Gasteiger partial charge in [-0.3, -0.25) is 0 Å². The first-order chi connectivity index (χ1) is 15.7. The Morgan fingerprint density at radius 3 is 2.25 bits per heavy atom. The molecule has 0 amide bonds. The van der Waals surface area contributed by atoms with Crippen molar-refractivity contribution >= 4 is 28.0 Å². The number of carboxylic acid groups (broad SMARTS) is 1. The van der Waals surface area contributed by atoms with E-state index in [-0.39, 0.29) is 0 Å². The number of ether oxygens (including phenoxy) is 2.